The minimum absolute atomic E-state index is 0.203. The molecule has 0 radical (unpaired) electrons. The van der Waals surface area contributed by atoms with E-state index in [1.807, 2.05) is 6.07 Å². The first kappa shape index (κ1) is 22.1. The van der Waals surface area contributed by atoms with E-state index in [0.717, 1.165) is 57.3 Å². The van der Waals surface area contributed by atoms with Crippen molar-refractivity contribution < 1.29 is 13.2 Å². The lowest BCUT2D eigenvalue weighted by Crippen LogP contribution is -2.38. The molecule has 2 heterocycles. The lowest BCUT2D eigenvalue weighted by atomic mass is 10.1. The molecule has 0 atom stereocenters. The van der Waals surface area contributed by atoms with E-state index in [4.69, 9.17) is 0 Å². The van der Waals surface area contributed by atoms with Gasteiger partial charge in [-0.15, -0.1) is 0 Å². The van der Waals surface area contributed by atoms with Crippen LogP contribution in [-0.2, 0) is 10.0 Å². The number of amides is 1. The Balaban J connectivity index is 1.91. The highest BCUT2D eigenvalue weighted by Crippen LogP contribution is 2.32. The molecule has 0 aromatic heterocycles. The van der Waals surface area contributed by atoms with Gasteiger partial charge in [0.15, 0.2) is 0 Å². The minimum Gasteiger partial charge on any atom is -0.370 e. The molecule has 3 rings (SSSR count). The summed E-state index contributed by atoms with van der Waals surface area (Å²) in [5.74, 6) is 0.303. The van der Waals surface area contributed by atoms with Crippen LogP contribution < -0.4 is 10.2 Å². The number of anilines is 1. The summed E-state index contributed by atoms with van der Waals surface area (Å²) in [5, 5.41) is 2.93. The average Bonchev–Trinajstić information content (AvgIpc) is 2.74. The standard InChI is InChI=1S/C22H35N3O3S/c1-18(2)11-12-23-22(26)19-9-10-20(24-13-5-3-6-14-24)21(17-19)29(27,28)25-15-7-4-8-16-25/h9-10,17-18H,3-8,11-16H2,1-2H3,(H,23,26). The maximum Gasteiger partial charge on any atom is 0.251 e. The van der Waals surface area contributed by atoms with E-state index < -0.39 is 10.0 Å². The maximum absolute atomic E-state index is 13.5. The molecule has 0 spiro atoms. The topological polar surface area (TPSA) is 69.7 Å². The van der Waals surface area contributed by atoms with E-state index in [1.54, 1.807) is 16.4 Å². The second-order valence-electron chi connectivity index (χ2n) is 8.63. The van der Waals surface area contributed by atoms with Gasteiger partial charge in [0.2, 0.25) is 10.0 Å². The van der Waals surface area contributed by atoms with Crippen molar-refractivity contribution in [3.8, 4) is 0 Å². The number of carbonyl (C=O) groups excluding carboxylic acids is 1. The van der Waals surface area contributed by atoms with E-state index in [1.165, 1.54) is 6.42 Å². The summed E-state index contributed by atoms with van der Waals surface area (Å²) in [4.78, 5) is 15.1. The Kier molecular flexibility index (Phi) is 7.57. The highest BCUT2D eigenvalue weighted by atomic mass is 32.2. The predicted molar refractivity (Wildman–Crippen MR) is 117 cm³/mol. The number of benzene rings is 1. The number of hydrogen-bond acceptors (Lipinski definition) is 4. The number of hydrogen-bond donors (Lipinski definition) is 1. The van der Waals surface area contributed by atoms with Crippen molar-refractivity contribution in [1.82, 2.24) is 9.62 Å². The molecule has 0 saturated carbocycles. The number of nitrogens with one attached hydrogen (secondary N) is 1. The summed E-state index contributed by atoms with van der Waals surface area (Å²) in [7, 11) is -3.62. The van der Waals surface area contributed by atoms with Crippen LogP contribution >= 0.6 is 0 Å². The van der Waals surface area contributed by atoms with E-state index in [2.05, 4.69) is 24.1 Å². The molecule has 1 aromatic rings. The second kappa shape index (κ2) is 9.94. The fourth-order valence-corrected chi connectivity index (χ4v) is 5.83. The largest absolute Gasteiger partial charge is 0.370 e. The zero-order valence-corrected chi connectivity index (χ0v) is 18.6. The molecule has 2 aliphatic heterocycles. The van der Waals surface area contributed by atoms with Gasteiger partial charge in [0.1, 0.15) is 4.90 Å². The van der Waals surface area contributed by atoms with E-state index >= 15 is 0 Å². The van der Waals surface area contributed by atoms with Gasteiger partial charge in [0.25, 0.3) is 5.91 Å². The van der Waals surface area contributed by atoms with Gasteiger partial charge in [-0.25, -0.2) is 8.42 Å². The van der Waals surface area contributed by atoms with Crippen LogP contribution in [0, 0.1) is 5.92 Å². The molecular formula is C22H35N3O3S. The molecule has 29 heavy (non-hydrogen) atoms. The zero-order valence-electron chi connectivity index (χ0n) is 17.8. The minimum atomic E-state index is -3.62. The second-order valence-corrected chi connectivity index (χ2v) is 10.5. The molecule has 0 unspecified atom stereocenters. The average molecular weight is 422 g/mol. The molecule has 2 fully saturated rings. The monoisotopic (exact) mass is 421 g/mol. The first-order chi connectivity index (χ1) is 13.9. The molecular weight excluding hydrogens is 386 g/mol. The van der Waals surface area contributed by atoms with Crippen molar-refractivity contribution in [3.63, 3.8) is 0 Å². The fraction of sp³-hybridized carbons (Fsp3) is 0.682. The summed E-state index contributed by atoms with van der Waals surface area (Å²) in [6.07, 6.45) is 7.09. The van der Waals surface area contributed by atoms with Crippen LogP contribution in [-0.4, -0.2) is 51.4 Å². The molecule has 162 valence electrons. The van der Waals surface area contributed by atoms with Crippen LogP contribution in [0.1, 0.15) is 69.2 Å². The number of piperidine rings is 2. The van der Waals surface area contributed by atoms with Gasteiger partial charge in [-0.2, -0.15) is 4.31 Å². The van der Waals surface area contributed by atoms with Gasteiger partial charge < -0.3 is 10.2 Å². The summed E-state index contributed by atoms with van der Waals surface area (Å²) in [5.41, 5.74) is 1.17. The van der Waals surface area contributed by atoms with Gasteiger partial charge in [-0.05, 0) is 62.6 Å². The third kappa shape index (κ3) is 5.51. The highest BCUT2D eigenvalue weighted by molar-refractivity contribution is 7.89. The van der Waals surface area contributed by atoms with Crippen molar-refractivity contribution in [1.29, 1.82) is 0 Å². The Morgan fingerprint density at radius 2 is 1.62 bits per heavy atom. The Morgan fingerprint density at radius 3 is 2.24 bits per heavy atom. The summed E-state index contributed by atoms with van der Waals surface area (Å²) in [6, 6.07) is 5.20. The zero-order chi connectivity index (χ0) is 20.9. The molecule has 1 aromatic carbocycles. The Bertz CT molecular complexity index is 796. The smallest absolute Gasteiger partial charge is 0.251 e. The van der Waals surface area contributed by atoms with Gasteiger partial charge >= 0.3 is 0 Å². The molecule has 2 saturated heterocycles. The number of rotatable bonds is 7. The SMILES string of the molecule is CC(C)CCNC(=O)c1ccc(N2CCCCC2)c(S(=O)(=O)N2CCCCC2)c1. The lowest BCUT2D eigenvalue weighted by molar-refractivity contribution is 0.0952. The third-order valence-corrected chi connectivity index (χ3v) is 7.79. The van der Waals surface area contributed by atoms with Crippen LogP contribution in [0.2, 0.25) is 0 Å². The number of sulfonamides is 1. The third-order valence-electron chi connectivity index (χ3n) is 5.86. The van der Waals surface area contributed by atoms with Crippen molar-refractivity contribution >= 4 is 21.6 Å². The van der Waals surface area contributed by atoms with Gasteiger partial charge in [0, 0.05) is 38.3 Å². The molecule has 1 N–H and O–H groups in total. The van der Waals surface area contributed by atoms with Crippen molar-refractivity contribution in [2.45, 2.75) is 63.7 Å². The first-order valence-electron chi connectivity index (χ1n) is 11.1. The Labute approximate surface area is 175 Å². The first-order valence-corrected chi connectivity index (χ1v) is 12.5. The maximum atomic E-state index is 13.5. The highest BCUT2D eigenvalue weighted by Gasteiger charge is 2.31. The van der Waals surface area contributed by atoms with Crippen LogP contribution in [0.3, 0.4) is 0 Å². The lowest BCUT2D eigenvalue weighted by Gasteiger charge is -2.33. The van der Waals surface area contributed by atoms with Crippen molar-refractivity contribution in [2.75, 3.05) is 37.6 Å². The summed E-state index contributed by atoms with van der Waals surface area (Å²) in [6.45, 7) is 7.67. The molecule has 2 aliphatic rings. The van der Waals surface area contributed by atoms with Crippen LogP contribution in [0.15, 0.2) is 23.1 Å². The molecule has 7 heteroatoms. The molecule has 0 bridgehead atoms. The molecule has 6 nitrogen and oxygen atoms in total. The quantitative estimate of drug-likeness (QED) is 0.730. The normalized spacial score (nSPS) is 18.8. The Hall–Kier alpha value is -1.60. The van der Waals surface area contributed by atoms with E-state index in [0.29, 0.717) is 31.1 Å². The molecule has 1 amide bonds. The van der Waals surface area contributed by atoms with Gasteiger partial charge in [0.05, 0.1) is 5.69 Å². The predicted octanol–water partition coefficient (Wildman–Crippen LogP) is 3.63. The summed E-state index contributed by atoms with van der Waals surface area (Å²) >= 11 is 0. The van der Waals surface area contributed by atoms with Crippen molar-refractivity contribution in [2.24, 2.45) is 5.92 Å². The van der Waals surface area contributed by atoms with E-state index in [9.17, 15) is 13.2 Å². The molecule has 0 aliphatic carbocycles. The van der Waals surface area contributed by atoms with Gasteiger partial charge in [-0.3, -0.25) is 4.79 Å². The van der Waals surface area contributed by atoms with Crippen molar-refractivity contribution in [3.05, 3.63) is 23.8 Å². The number of nitrogens with zero attached hydrogens (tertiary/aromatic N) is 2. The fourth-order valence-electron chi connectivity index (χ4n) is 4.08. The van der Waals surface area contributed by atoms with E-state index in [-0.39, 0.29) is 10.8 Å². The number of carbonyl (C=O) groups is 1. The van der Waals surface area contributed by atoms with Crippen LogP contribution in [0.4, 0.5) is 5.69 Å². The summed E-state index contributed by atoms with van der Waals surface area (Å²) < 4.78 is 28.6. The van der Waals surface area contributed by atoms with Crippen LogP contribution in [0.5, 0.6) is 0 Å². The Morgan fingerprint density at radius 1 is 1.00 bits per heavy atom. The van der Waals surface area contributed by atoms with Crippen LogP contribution in [0.25, 0.3) is 0 Å². The van der Waals surface area contributed by atoms with Gasteiger partial charge in [-0.1, -0.05) is 20.3 Å².